The Bertz CT molecular complexity index is 1290. The number of aromatic nitrogens is 1. The lowest BCUT2D eigenvalue weighted by atomic mass is 9.95. The lowest BCUT2D eigenvalue weighted by Crippen LogP contribution is -2.45. The van der Waals surface area contributed by atoms with E-state index in [9.17, 15) is 14.7 Å². The molecule has 2 amide bonds. The number of urea groups is 1. The first-order chi connectivity index (χ1) is 16.4. The molecule has 176 valence electrons. The summed E-state index contributed by atoms with van der Waals surface area (Å²) in [5, 5.41) is 15.7. The third-order valence-electron chi connectivity index (χ3n) is 5.44. The van der Waals surface area contributed by atoms with Gasteiger partial charge in [0.25, 0.3) is 0 Å². The standard InChI is InChI=1S/C25H25N3O6/c1-14-7-8-16-5-4-6-19(22(16)26-14)34-12-11-33-18-10-9-17(13-20(18)32-3)23-21(24(29)30)15(2)27-25(31)28-23/h4-10,13,23H,11-12H2,1-3H3,(H,29,30)(H2,27,28,31). The van der Waals surface area contributed by atoms with Crippen molar-refractivity contribution in [2.24, 2.45) is 0 Å². The van der Waals surface area contributed by atoms with Gasteiger partial charge in [0.2, 0.25) is 0 Å². The summed E-state index contributed by atoms with van der Waals surface area (Å²) in [5.41, 5.74) is 2.61. The van der Waals surface area contributed by atoms with E-state index < -0.39 is 18.0 Å². The van der Waals surface area contributed by atoms with Crippen LogP contribution in [0.4, 0.5) is 4.79 Å². The predicted octanol–water partition coefficient (Wildman–Crippen LogP) is 3.72. The molecule has 0 bridgehead atoms. The maximum absolute atomic E-state index is 11.9. The van der Waals surface area contributed by atoms with Crippen molar-refractivity contribution < 1.29 is 28.9 Å². The number of para-hydroxylation sites is 1. The third-order valence-corrected chi connectivity index (χ3v) is 5.44. The molecule has 2 aromatic carbocycles. The van der Waals surface area contributed by atoms with Gasteiger partial charge in [-0.1, -0.05) is 24.3 Å². The molecule has 3 N–H and O–H groups in total. The molecule has 0 saturated heterocycles. The first-order valence-corrected chi connectivity index (χ1v) is 10.7. The number of allylic oxidation sites excluding steroid dienone is 1. The number of carboxylic acids is 1. The van der Waals surface area contributed by atoms with Gasteiger partial charge in [0.1, 0.15) is 24.5 Å². The van der Waals surface area contributed by atoms with Crippen LogP contribution in [0.15, 0.2) is 59.8 Å². The fraction of sp³-hybridized carbons (Fsp3) is 0.240. The number of fused-ring (bicyclic) bond motifs is 1. The molecule has 1 aromatic heterocycles. The molecule has 1 atom stereocenters. The van der Waals surface area contributed by atoms with Crippen LogP contribution in [0.1, 0.15) is 24.2 Å². The van der Waals surface area contributed by atoms with Crippen molar-refractivity contribution in [2.45, 2.75) is 19.9 Å². The van der Waals surface area contributed by atoms with Gasteiger partial charge < -0.3 is 30.0 Å². The number of nitrogens with one attached hydrogen (secondary N) is 2. The fourth-order valence-electron chi connectivity index (χ4n) is 3.85. The number of carboxylic acid groups (broad SMARTS) is 1. The highest BCUT2D eigenvalue weighted by atomic mass is 16.5. The average molecular weight is 463 g/mol. The van der Waals surface area contributed by atoms with Crippen LogP contribution in [0.3, 0.4) is 0 Å². The Labute approximate surface area is 196 Å². The number of carbonyl (C=O) groups is 2. The Morgan fingerprint density at radius 3 is 2.53 bits per heavy atom. The van der Waals surface area contributed by atoms with Gasteiger partial charge in [0.15, 0.2) is 11.5 Å². The summed E-state index contributed by atoms with van der Waals surface area (Å²) in [4.78, 5) is 28.2. The second-order valence-electron chi connectivity index (χ2n) is 7.76. The second kappa shape index (κ2) is 9.70. The van der Waals surface area contributed by atoms with Crippen LogP contribution in [0.2, 0.25) is 0 Å². The number of methoxy groups -OCH3 is 1. The summed E-state index contributed by atoms with van der Waals surface area (Å²) in [5.74, 6) is 0.441. The zero-order valence-electron chi connectivity index (χ0n) is 19.0. The summed E-state index contributed by atoms with van der Waals surface area (Å²) in [6.07, 6.45) is 0. The smallest absolute Gasteiger partial charge is 0.335 e. The zero-order valence-corrected chi connectivity index (χ0v) is 19.0. The molecule has 1 aliphatic heterocycles. The summed E-state index contributed by atoms with van der Waals surface area (Å²) < 4.78 is 17.2. The van der Waals surface area contributed by atoms with Gasteiger partial charge >= 0.3 is 12.0 Å². The number of aliphatic carboxylic acids is 1. The maximum Gasteiger partial charge on any atom is 0.335 e. The topological polar surface area (TPSA) is 119 Å². The summed E-state index contributed by atoms with van der Waals surface area (Å²) >= 11 is 0. The van der Waals surface area contributed by atoms with Crippen molar-refractivity contribution >= 4 is 22.9 Å². The first-order valence-electron chi connectivity index (χ1n) is 10.7. The number of pyridine rings is 1. The van der Waals surface area contributed by atoms with Gasteiger partial charge in [0.05, 0.1) is 18.7 Å². The number of hydrogen-bond acceptors (Lipinski definition) is 6. The fourth-order valence-corrected chi connectivity index (χ4v) is 3.85. The Hall–Kier alpha value is -4.27. The van der Waals surface area contributed by atoms with E-state index in [4.69, 9.17) is 14.2 Å². The second-order valence-corrected chi connectivity index (χ2v) is 7.76. The van der Waals surface area contributed by atoms with E-state index in [0.29, 0.717) is 22.8 Å². The minimum atomic E-state index is -1.12. The molecule has 2 heterocycles. The molecule has 0 spiro atoms. The normalized spacial score (nSPS) is 15.5. The largest absolute Gasteiger partial charge is 0.493 e. The molecule has 0 fully saturated rings. The molecular formula is C25H25N3O6. The third kappa shape index (κ3) is 4.73. The van der Waals surface area contributed by atoms with Crippen molar-refractivity contribution in [2.75, 3.05) is 20.3 Å². The van der Waals surface area contributed by atoms with Crippen LogP contribution in [-0.4, -0.2) is 42.4 Å². The van der Waals surface area contributed by atoms with Crippen molar-refractivity contribution in [1.82, 2.24) is 15.6 Å². The van der Waals surface area contributed by atoms with E-state index in [1.54, 1.807) is 25.1 Å². The number of nitrogens with zero attached hydrogens (tertiary/aromatic N) is 1. The van der Waals surface area contributed by atoms with Gasteiger partial charge in [-0.3, -0.25) is 0 Å². The number of aryl methyl sites for hydroxylation is 1. The van der Waals surface area contributed by atoms with Gasteiger partial charge in [-0.15, -0.1) is 0 Å². The Morgan fingerprint density at radius 1 is 1.03 bits per heavy atom. The molecule has 4 rings (SSSR count). The number of rotatable bonds is 8. The van der Waals surface area contributed by atoms with Gasteiger partial charge in [0, 0.05) is 16.8 Å². The number of carbonyl (C=O) groups excluding carboxylic acids is 1. The van der Waals surface area contributed by atoms with Gasteiger partial charge in [-0.05, 0) is 43.7 Å². The molecular weight excluding hydrogens is 438 g/mol. The quantitative estimate of drug-likeness (QED) is 0.436. The van der Waals surface area contributed by atoms with E-state index in [-0.39, 0.29) is 24.5 Å². The molecule has 0 aliphatic carbocycles. The minimum Gasteiger partial charge on any atom is -0.493 e. The number of benzene rings is 2. The zero-order chi connectivity index (χ0) is 24.2. The molecule has 1 unspecified atom stereocenters. The van der Waals surface area contributed by atoms with E-state index in [2.05, 4.69) is 15.6 Å². The Balaban J connectivity index is 1.46. The van der Waals surface area contributed by atoms with Crippen LogP contribution in [0, 0.1) is 6.92 Å². The summed E-state index contributed by atoms with van der Waals surface area (Å²) in [7, 11) is 1.49. The summed E-state index contributed by atoms with van der Waals surface area (Å²) in [6.45, 7) is 4.02. The lowest BCUT2D eigenvalue weighted by Gasteiger charge is -2.27. The molecule has 0 radical (unpaired) electrons. The maximum atomic E-state index is 11.9. The van der Waals surface area contributed by atoms with E-state index in [0.717, 1.165) is 16.6 Å². The van der Waals surface area contributed by atoms with Crippen LogP contribution in [-0.2, 0) is 4.79 Å². The van der Waals surface area contributed by atoms with Crippen LogP contribution >= 0.6 is 0 Å². The molecule has 1 aliphatic rings. The van der Waals surface area contributed by atoms with Crippen molar-refractivity contribution in [3.8, 4) is 17.2 Å². The molecule has 9 heteroatoms. The molecule has 9 nitrogen and oxygen atoms in total. The summed E-state index contributed by atoms with van der Waals surface area (Å²) in [6, 6.07) is 13.5. The van der Waals surface area contributed by atoms with Crippen LogP contribution in [0.5, 0.6) is 17.2 Å². The van der Waals surface area contributed by atoms with Crippen molar-refractivity contribution in [3.63, 3.8) is 0 Å². The van der Waals surface area contributed by atoms with Gasteiger partial charge in [-0.25, -0.2) is 14.6 Å². The van der Waals surface area contributed by atoms with E-state index in [1.165, 1.54) is 7.11 Å². The van der Waals surface area contributed by atoms with Crippen molar-refractivity contribution in [1.29, 1.82) is 0 Å². The average Bonchev–Trinajstić information content (AvgIpc) is 2.81. The lowest BCUT2D eigenvalue weighted by molar-refractivity contribution is -0.133. The number of ether oxygens (including phenoxy) is 3. The Morgan fingerprint density at radius 2 is 1.79 bits per heavy atom. The minimum absolute atomic E-state index is 0.0580. The molecule has 3 aromatic rings. The highest BCUT2D eigenvalue weighted by Gasteiger charge is 2.31. The number of hydrogen-bond donors (Lipinski definition) is 3. The Kier molecular flexibility index (Phi) is 6.53. The number of amides is 2. The predicted molar refractivity (Wildman–Crippen MR) is 125 cm³/mol. The van der Waals surface area contributed by atoms with E-state index in [1.807, 2.05) is 37.3 Å². The van der Waals surface area contributed by atoms with Crippen LogP contribution in [0.25, 0.3) is 10.9 Å². The first kappa shape index (κ1) is 22.9. The molecule has 0 saturated carbocycles. The highest BCUT2D eigenvalue weighted by Crippen LogP contribution is 2.34. The molecule has 34 heavy (non-hydrogen) atoms. The SMILES string of the molecule is COc1cc(C2NC(=O)NC(C)=C2C(=O)O)ccc1OCCOc1cccc2ccc(C)nc12. The van der Waals surface area contributed by atoms with E-state index >= 15 is 0 Å². The van der Waals surface area contributed by atoms with Gasteiger partial charge in [-0.2, -0.15) is 0 Å². The van der Waals surface area contributed by atoms with Crippen molar-refractivity contribution in [3.05, 3.63) is 71.1 Å². The highest BCUT2D eigenvalue weighted by molar-refractivity contribution is 5.93. The monoisotopic (exact) mass is 463 g/mol. The van der Waals surface area contributed by atoms with Crippen LogP contribution < -0.4 is 24.8 Å².